The van der Waals surface area contributed by atoms with Gasteiger partial charge >= 0.3 is 5.97 Å². The number of piperazine rings is 1. The van der Waals surface area contributed by atoms with Crippen LogP contribution in [0.15, 0.2) is 54.9 Å². The van der Waals surface area contributed by atoms with Crippen LogP contribution in [0.3, 0.4) is 0 Å². The molecular formula is C25H31N7O2. The lowest BCUT2D eigenvalue weighted by Crippen LogP contribution is -2.47. The van der Waals surface area contributed by atoms with Crippen molar-refractivity contribution in [2.75, 3.05) is 44.6 Å². The largest absolute Gasteiger partial charge is 0.480 e. The van der Waals surface area contributed by atoms with E-state index < -0.39 is 5.97 Å². The van der Waals surface area contributed by atoms with E-state index in [1.54, 1.807) is 12.4 Å². The standard InChI is InChI=1S/C25H31N7O2/c26-8-2-5-21-16-20(6-9-27-21)23-7-10-28-25(30-23)29-22-4-1-3-19(15-22)17-31-11-13-32(14-12-31)18-24(33)34/h1,3-4,6-7,9-10,15-16H,2,5,8,11-14,17-18,26H2,(H,33,34)(H,28,29,30). The van der Waals surface area contributed by atoms with Crippen molar-refractivity contribution in [3.05, 3.63) is 66.1 Å². The van der Waals surface area contributed by atoms with E-state index in [0.29, 0.717) is 12.5 Å². The molecule has 0 atom stereocenters. The van der Waals surface area contributed by atoms with Crippen molar-refractivity contribution in [3.8, 4) is 11.3 Å². The highest BCUT2D eigenvalue weighted by Crippen LogP contribution is 2.21. The summed E-state index contributed by atoms with van der Waals surface area (Å²) in [6.07, 6.45) is 5.32. The summed E-state index contributed by atoms with van der Waals surface area (Å²) in [5, 5.41) is 12.3. The van der Waals surface area contributed by atoms with Crippen LogP contribution in [0.25, 0.3) is 11.3 Å². The molecule has 0 unspecified atom stereocenters. The Balaban J connectivity index is 1.38. The first-order chi connectivity index (χ1) is 16.6. The van der Waals surface area contributed by atoms with Gasteiger partial charge < -0.3 is 16.2 Å². The van der Waals surface area contributed by atoms with E-state index in [1.807, 2.05) is 29.2 Å². The minimum absolute atomic E-state index is 0.112. The first-order valence-corrected chi connectivity index (χ1v) is 11.6. The third kappa shape index (κ3) is 6.80. The maximum Gasteiger partial charge on any atom is 0.317 e. The van der Waals surface area contributed by atoms with Gasteiger partial charge in [0.15, 0.2) is 0 Å². The molecule has 178 valence electrons. The van der Waals surface area contributed by atoms with Gasteiger partial charge in [-0.2, -0.15) is 0 Å². The van der Waals surface area contributed by atoms with E-state index in [2.05, 4.69) is 38.4 Å². The lowest BCUT2D eigenvalue weighted by atomic mass is 10.1. The van der Waals surface area contributed by atoms with Gasteiger partial charge in [0.05, 0.1) is 12.2 Å². The van der Waals surface area contributed by atoms with E-state index in [0.717, 1.165) is 68.2 Å². The van der Waals surface area contributed by atoms with E-state index in [4.69, 9.17) is 15.8 Å². The number of carboxylic acids is 1. The van der Waals surface area contributed by atoms with Gasteiger partial charge in [0, 0.05) is 62.1 Å². The summed E-state index contributed by atoms with van der Waals surface area (Å²) >= 11 is 0. The third-order valence-electron chi connectivity index (χ3n) is 5.82. The van der Waals surface area contributed by atoms with Crippen molar-refractivity contribution < 1.29 is 9.90 Å². The molecule has 2 aromatic heterocycles. The third-order valence-corrected chi connectivity index (χ3v) is 5.82. The van der Waals surface area contributed by atoms with E-state index in [9.17, 15) is 4.79 Å². The van der Waals surface area contributed by atoms with Crippen LogP contribution in [0.1, 0.15) is 17.7 Å². The fourth-order valence-electron chi connectivity index (χ4n) is 4.07. The molecule has 0 saturated carbocycles. The number of carboxylic acid groups (broad SMARTS) is 1. The number of nitrogens with one attached hydrogen (secondary N) is 1. The minimum Gasteiger partial charge on any atom is -0.480 e. The zero-order valence-corrected chi connectivity index (χ0v) is 19.2. The molecule has 1 aromatic carbocycles. The summed E-state index contributed by atoms with van der Waals surface area (Å²) in [7, 11) is 0. The van der Waals surface area contributed by atoms with Crippen LogP contribution in [0.5, 0.6) is 0 Å². The molecule has 3 aromatic rings. The highest BCUT2D eigenvalue weighted by atomic mass is 16.4. The van der Waals surface area contributed by atoms with Crippen LogP contribution in [-0.2, 0) is 17.8 Å². The average Bonchev–Trinajstić information content (AvgIpc) is 2.84. The van der Waals surface area contributed by atoms with E-state index >= 15 is 0 Å². The summed E-state index contributed by atoms with van der Waals surface area (Å²) in [6, 6.07) is 14.1. The molecule has 3 heterocycles. The predicted molar refractivity (Wildman–Crippen MR) is 132 cm³/mol. The number of nitrogens with two attached hydrogens (primary N) is 1. The fraction of sp³-hybridized carbons (Fsp3) is 0.360. The Morgan fingerprint density at radius 1 is 1.03 bits per heavy atom. The van der Waals surface area contributed by atoms with Gasteiger partial charge in [-0.25, -0.2) is 9.97 Å². The van der Waals surface area contributed by atoms with Crippen molar-refractivity contribution >= 4 is 17.6 Å². The van der Waals surface area contributed by atoms with Gasteiger partial charge in [0.2, 0.25) is 5.95 Å². The SMILES string of the molecule is NCCCc1cc(-c2ccnc(Nc3cccc(CN4CCN(CC(=O)O)CC4)c3)n2)ccn1. The molecule has 1 aliphatic rings. The minimum atomic E-state index is -0.769. The van der Waals surface area contributed by atoms with Crippen molar-refractivity contribution in [2.45, 2.75) is 19.4 Å². The number of pyridine rings is 1. The molecule has 1 aliphatic heterocycles. The number of aliphatic carboxylic acids is 1. The van der Waals surface area contributed by atoms with Crippen LogP contribution in [0.4, 0.5) is 11.6 Å². The summed E-state index contributed by atoms with van der Waals surface area (Å²) < 4.78 is 0. The van der Waals surface area contributed by atoms with Crippen LogP contribution in [0.2, 0.25) is 0 Å². The number of carbonyl (C=O) groups is 1. The molecule has 34 heavy (non-hydrogen) atoms. The fourth-order valence-corrected chi connectivity index (χ4v) is 4.07. The molecule has 0 spiro atoms. The summed E-state index contributed by atoms with van der Waals surface area (Å²) in [4.78, 5) is 28.7. The summed E-state index contributed by atoms with van der Waals surface area (Å²) in [5.41, 5.74) is 10.6. The molecule has 1 saturated heterocycles. The second-order valence-electron chi connectivity index (χ2n) is 8.46. The second kappa shape index (κ2) is 11.6. The van der Waals surface area contributed by atoms with Crippen molar-refractivity contribution in [2.24, 2.45) is 5.73 Å². The first-order valence-electron chi connectivity index (χ1n) is 11.6. The molecule has 4 rings (SSSR count). The molecule has 9 heteroatoms. The maximum absolute atomic E-state index is 10.9. The number of aromatic nitrogens is 3. The molecule has 1 fully saturated rings. The number of anilines is 2. The van der Waals surface area contributed by atoms with Gasteiger partial charge in [-0.3, -0.25) is 19.6 Å². The highest BCUT2D eigenvalue weighted by molar-refractivity contribution is 5.69. The zero-order chi connectivity index (χ0) is 23.8. The molecule has 0 aliphatic carbocycles. The molecular weight excluding hydrogens is 430 g/mol. The summed E-state index contributed by atoms with van der Waals surface area (Å²) in [6.45, 7) is 4.83. The van der Waals surface area contributed by atoms with E-state index in [1.165, 1.54) is 5.56 Å². The molecule has 9 nitrogen and oxygen atoms in total. The van der Waals surface area contributed by atoms with Crippen LogP contribution in [-0.4, -0.2) is 75.1 Å². The van der Waals surface area contributed by atoms with Crippen LogP contribution >= 0.6 is 0 Å². The molecule has 0 radical (unpaired) electrons. The molecule has 0 amide bonds. The lowest BCUT2D eigenvalue weighted by Gasteiger charge is -2.33. The number of benzene rings is 1. The normalized spacial score (nSPS) is 14.7. The number of nitrogens with zero attached hydrogens (tertiary/aromatic N) is 5. The molecule has 0 bridgehead atoms. The Morgan fingerprint density at radius 3 is 2.62 bits per heavy atom. The topological polar surface area (TPSA) is 121 Å². The van der Waals surface area contributed by atoms with Gasteiger partial charge in [0.25, 0.3) is 0 Å². The van der Waals surface area contributed by atoms with Crippen molar-refractivity contribution in [3.63, 3.8) is 0 Å². The Morgan fingerprint density at radius 2 is 1.82 bits per heavy atom. The van der Waals surface area contributed by atoms with Gasteiger partial charge in [-0.15, -0.1) is 0 Å². The Hall–Kier alpha value is -3.40. The van der Waals surface area contributed by atoms with Crippen LogP contribution < -0.4 is 11.1 Å². The lowest BCUT2D eigenvalue weighted by molar-refractivity contribution is -0.138. The van der Waals surface area contributed by atoms with Crippen molar-refractivity contribution in [1.29, 1.82) is 0 Å². The monoisotopic (exact) mass is 461 g/mol. The second-order valence-corrected chi connectivity index (χ2v) is 8.46. The number of aryl methyl sites for hydroxylation is 1. The zero-order valence-electron chi connectivity index (χ0n) is 19.2. The average molecular weight is 462 g/mol. The predicted octanol–water partition coefficient (Wildman–Crippen LogP) is 2.38. The Bertz CT molecular complexity index is 1100. The quantitative estimate of drug-likeness (QED) is 0.418. The summed E-state index contributed by atoms with van der Waals surface area (Å²) in [5.74, 6) is -0.230. The van der Waals surface area contributed by atoms with Crippen LogP contribution in [0, 0.1) is 0 Å². The Kier molecular flexibility index (Phi) is 8.13. The van der Waals surface area contributed by atoms with Gasteiger partial charge in [-0.1, -0.05) is 12.1 Å². The smallest absolute Gasteiger partial charge is 0.317 e. The Labute approximate surface area is 199 Å². The van der Waals surface area contributed by atoms with Gasteiger partial charge in [-0.05, 0) is 55.3 Å². The maximum atomic E-state index is 10.9. The first kappa shape index (κ1) is 23.7. The molecule has 4 N–H and O–H groups in total. The van der Waals surface area contributed by atoms with Gasteiger partial charge in [0.1, 0.15) is 0 Å². The van der Waals surface area contributed by atoms with E-state index in [-0.39, 0.29) is 6.54 Å². The number of hydrogen-bond donors (Lipinski definition) is 3. The van der Waals surface area contributed by atoms with Crippen molar-refractivity contribution in [1.82, 2.24) is 24.8 Å². The number of rotatable bonds is 10. The highest BCUT2D eigenvalue weighted by Gasteiger charge is 2.18. The number of hydrogen-bond acceptors (Lipinski definition) is 8.